The predicted octanol–water partition coefficient (Wildman–Crippen LogP) is 1.78. The summed E-state index contributed by atoms with van der Waals surface area (Å²) in [6.07, 6.45) is 2.16. The summed E-state index contributed by atoms with van der Waals surface area (Å²) in [4.78, 5) is 26.7. The number of carboxylic acid groups (broad SMARTS) is 1. The topological polar surface area (TPSA) is 79.3 Å². The Hall–Kier alpha value is -2.76. The smallest absolute Gasteiger partial charge is 0.330 e. The van der Waals surface area contributed by atoms with Gasteiger partial charge in [0.1, 0.15) is 0 Å². The molecule has 1 atom stereocenters. The van der Waals surface area contributed by atoms with Crippen LogP contribution in [0.4, 0.5) is 4.39 Å². The van der Waals surface area contributed by atoms with Crippen molar-refractivity contribution >= 4 is 11.9 Å². The van der Waals surface area contributed by atoms with E-state index in [0.717, 1.165) is 6.20 Å². The first kappa shape index (κ1) is 13.7. The van der Waals surface area contributed by atoms with Crippen LogP contribution in [-0.4, -0.2) is 22.0 Å². The fraction of sp³-hybridized carbons (Fsp3) is 0.0714. The predicted molar refractivity (Wildman–Crippen MR) is 68.5 cm³/mol. The zero-order chi connectivity index (χ0) is 14.5. The molecule has 6 heteroatoms. The first-order valence-electron chi connectivity index (χ1n) is 5.77. The molecule has 0 spiro atoms. The van der Waals surface area contributed by atoms with E-state index in [1.54, 1.807) is 30.3 Å². The van der Waals surface area contributed by atoms with Crippen molar-refractivity contribution in [2.24, 2.45) is 0 Å². The maximum Gasteiger partial charge on any atom is 0.330 e. The number of amides is 1. The summed E-state index contributed by atoms with van der Waals surface area (Å²) < 4.78 is 13.4. The average Bonchev–Trinajstić information content (AvgIpc) is 2.45. The normalized spacial score (nSPS) is 11.7. The van der Waals surface area contributed by atoms with Gasteiger partial charge in [0.05, 0.1) is 11.8 Å². The first-order chi connectivity index (χ1) is 9.59. The minimum absolute atomic E-state index is 0.248. The minimum Gasteiger partial charge on any atom is -0.479 e. The molecule has 1 heterocycles. The van der Waals surface area contributed by atoms with Gasteiger partial charge in [0.15, 0.2) is 11.9 Å². The molecule has 2 N–H and O–H groups in total. The number of pyridine rings is 1. The van der Waals surface area contributed by atoms with Crippen molar-refractivity contribution in [2.45, 2.75) is 6.04 Å². The third-order valence-electron chi connectivity index (χ3n) is 2.67. The van der Waals surface area contributed by atoms with Gasteiger partial charge < -0.3 is 10.4 Å². The summed E-state index contributed by atoms with van der Waals surface area (Å²) in [6, 6.07) is 8.14. The van der Waals surface area contributed by atoms with Crippen molar-refractivity contribution in [3.05, 3.63) is 65.7 Å². The molecular weight excluding hydrogens is 263 g/mol. The van der Waals surface area contributed by atoms with Gasteiger partial charge in [-0.25, -0.2) is 9.18 Å². The van der Waals surface area contributed by atoms with Crippen molar-refractivity contribution in [2.75, 3.05) is 0 Å². The highest BCUT2D eigenvalue weighted by Gasteiger charge is 2.23. The first-order valence-corrected chi connectivity index (χ1v) is 5.77. The number of hydrogen-bond donors (Lipinski definition) is 2. The Bertz CT molecular complexity index is 631. The number of carbonyl (C=O) groups is 2. The average molecular weight is 274 g/mol. The molecule has 20 heavy (non-hydrogen) atoms. The Morgan fingerprint density at radius 3 is 2.50 bits per heavy atom. The van der Waals surface area contributed by atoms with Crippen LogP contribution in [0.15, 0.2) is 48.8 Å². The number of aromatic nitrogens is 1. The quantitative estimate of drug-likeness (QED) is 0.890. The number of carboxylic acids is 1. The fourth-order valence-electron chi connectivity index (χ4n) is 1.70. The van der Waals surface area contributed by atoms with E-state index in [2.05, 4.69) is 10.3 Å². The van der Waals surface area contributed by atoms with E-state index in [9.17, 15) is 19.1 Å². The molecule has 1 aromatic heterocycles. The molecule has 0 radical (unpaired) electrons. The van der Waals surface area contributed by atoms with Crippen molar-refractivity contribution in [3.63, 3.8) is 0 Å². The second-order valence-corrected chi connectivity index (χ2v) is 4.01. The summed E-state index contributed by atoms with van der Waals surface area (Å²) >= 11 is 0. The van der Waals surface area contributed by atoms with Gasteiger partial charge in [-0.05, 0) is 11.6 Å². The molecule has 0 saturated heterocycles. The second kappa shape index (κ2) is 5.92. The lowest BCUT2D eigenvalue weighted by Gasteiger charge is -2.15. The lowest BCUT2D eigenvalue weighted by atomic mass is 10.1. The van der Waals surface area contributed by atoms with Crippen molar-refractivity contribution < 1.29 is 19.1 Å². The Morgan fingerprint density at radius 2 is 1.90 bits per heavy atom. The van der Waals surface area contributed by atoms with E-state index in [4.69, 9.17) is 0 Å². The van der Waals surface area contributed by atoms with Gasteiger partial charge in [0, 0.05) is 6.20 Å². The van der Waals surface area contributed by atoms with Gasteiger partial charge in [-0.1, -0.05) is 30.3 Å². The maximum absolute atomic E-state index is 13.4. The SMILES string of the molecule is O=C(N[C@@H](C(=O)O)c1ccccc1)c1ccncc1F. The number of aliphatic carboxylic acids is 1. The van der Waals surface area contributed by atoms with E-state index in [0.29, 0.717) is 5.56 Å². The molecule has 2 aromatic rings. The van der Waals surface area contributed by atoms with Crippen LogP contribution < -0.4 is 5.32 Å². The van der Waals surface area contributed by atoms with Crippen LogP contribution >= 0.6 is 0 Å². The molecule has 0 bridgehead atoms. The molecule has 0 aliphatic carbocycles. The molecule has 0 saturated carbocycles. The summed E-state index contributed by atoms with van der Waals surface area (Å²) in [6.45, 7) is 0. The minimum atomic E-state index is -1.24. The van der Waals surface area contributed by atoms with E-state index in [-0.39, 0.29) is 5.56 Å². The van der Waals surface area contributed by atoms with E-state index in [1.807, 2.05) is 0 Å². The Morgan fingerprint density at radius 1 is 1.20 bits per heavy atom. The molecular formula is C14H11FN2O3. The van der Waals surface area contributed by atoms with Crippen LogP contribution in [0.25, 0.3) is 0 Å². The van der Waals surface area contributed by atoms with Crippen LogP contribution in [0.1, 0.15) is 22.0 Å². The molecule has 0 aliphatic heterocycles. The van der Waals surface area contributed by atoms with Gasteiger partial charge in [0.25, 0.3) is 5.91 Å². The summed E-state index contributed by atoms with van der Waals surface area (Å²) in [7, 11) is 0. The van der Waals surface area contributed by atoms with Crippen molar-refractivity contribution in [1.29, 1.82) is 0 Å². The molecule has 0 aliphatic rings. The lowest BCUT2D eigenvalue weighted by Crippen LogP contribution is -2.34. The van der Waals surface area contributed by atoms with Gasteiger partial charge in [-0.3, -0.25) is 9.78 Å². The van der Waals surface area contributed by atoms with Crippen LogP contribution in [-0.2, 0) is 4.79 Å². The zero-order valence-electron chi connectivity index (χ0n) is 10.3. The number of benzene rings is 1. The van der Waals surface area contributed by atoms with E-state index >= 15 is 0 Å². The van der Waals surface area contributed by atoms with Crippen LogP contribution in [0.5, 0.6) is 0 Å². The van der Waals surface area contributed by atoms with Crippen molar-refractivity contribution in [1.82, 2.24) is 10.3 Å². The number of nitrogens with zero attached hydrogens (tertiary/aromatic N) is 1. The van der Waals surface area contributed by atoms with Crippen LogP contribution in [0.3, 0.4) is 0 Å². The Labute approximate surface area is 114 Å². The Balaban J connectivity index is 2.24. The third kappa shape index (κ3) is 2.97. The molecule has 5 nitrogen and oxygen atoms in total. The standard InChI is InChI=1S/C14H11FN2O3/c15-11-8-16-7-6-10(11)13(18)17-12(14(19)20)9-4-2-1-3-5-9/h1-8,12H,(H,17,18)(H,19,20)/t12-/m1/s1. The van der Waals surface area contributed by atoms with E-state index in [1.165, 1.54) is 12.3 Å². The molecule has 1 aromatic carbocycles. The largest absolute Gasteiger partial charge is 0.479 e. The van der Waals surface area contributed by atoms with Crippen LogP contribution in [0.2, 0.25) is 0 Å². The number of carbonyl (C=O) groups excluding carboxylic acids is 1. The molecule has 1 amide bonds. The Kier molecular flexibility index (Phi) is 4.05. The highest BCUT2D eigenvalue weighted by atomic mass is 19.1. The summed E-state index contributed by atoms with van der Waals surface area (Å²) in [5.74, 6) is -2.83. The maximum atomic E-state index is 13.4. The highest BCUT2D eigenvalue weighted by molar-refractivity contribution is 5.96. The molecule has 102 valence electrons. The number of halogens is 1. The third-order valence-corrected chi connectivity index (χ3v) is 2.67. The molecule has 0 fully saturated rings. The van der Waals surface area contributed by atoms with Gasteiger partial charge in [-0.2, -0.15) is 0 Å². The second-order valence-electron chi connectivity index (χ2n) is 4.01. The summed E-state index contributed by atoms with van der Waals surface area (Å²) in [5.41, 5.74) is 0.157. The number of nitrogens with one attached hydrogen (secondary N) is 1. The van der Waals surface area contributed by atoms with E-state index < -0.39 is 23.7 Å². The lowest BCUT2D eigenvalue weighted by molar-refractivity contribution is -0.139. The number of hydrogen-bond acceptors (Lipinski definition) is 3. The van der Waals surface area contributed by atoms with Crippen LogP contribution in [0, 0.1) is 5.82 Å². The monoisotopic (exact) mass is 274 g/mol. The van der Waals surface area contributed by atoms with Gasteiger partial charge in [0.2, 0.25) is 0 Å². The molecule has 0 unspecified atom stereocenters. The summed E-state index contributed by atoms with van der Waals surface area (Å²) in [5, 5.41) is 11.5. The van der Waals surface area contributed by atoms with Crippen molar-refractivity contribution in [3.8, 4) is 0 Å². The zero-order valence-corrected chi connectivity index (χ0v) is 10.3. The molecule has 2 rings (SSSR count). The fourth-order valence-corrected chi connectivity index (χ4v) is 1.70. The highest BCUT2D eigenvalue weighted by Crippen LogP contribution is 2.14. The van der Waals surface area contributed by atoms with Gasteiger partial charge >= 0.3 is 5.97 Å². The number of rotatable bonds is 4. The van der Waals surface area contributed by atoms with Gasteiger partial charge in [-0.15, -0.1) is 0 Å².